The molecular weight excluding hydrogens is 454 g/mol. The summed E-state index contributed by atoms with van der Waals surface area (Å²) in [6.45, 7) is 2.15. The first-order valence-corrected chi connectivity index (χ1v) is 12.1. The first-order valence-electron chi connectivity index (χ1n) is 9.36. The van der Waals surface area contributed by atoms with Gasteiger partial charge in [-0.1, -0.05) is 47.5 Å². The third-order valence-corrected chi connectivity index (χ3v) is 7.49. The molecule has 5 nitrogen and oxygen atoms in total. The number of thiophene rings is 1. The molecule has 0 radical (unpaired) electrons. The van der Waals surface area contributed by atoms with E-state index in [1.807, 2.05) is 24.4 Å². The molecule has 0 saturated carbocycles. The molecule has 0 saturated heterocycles. The molecule has 0 aliphatic heterocycles. The van der Waals surface area contributed by atoms with E-state index in [9.17, 15) is 13.2 Å². The highest BCUT2D eigenvalue weighted by Crippen LogP contribution is 2.30. The predicted molar refractivity (Wildman–Crippen MR) is 122 cm³/mol. The summed E-state index contributed by atoms with van der Waals surface area (Å²) < 4.78 is 31.3. The van der Waals surface area contributed by atoms with Crippen molar-refractivity contribution in [2.45, 2.75) is 23.5 Å². The number of aryl methyl sites for hydroxylation is 1. The fraction of sp³-hybridized carbons (Fsp3) is 0.0870. The Morgan fingerprint density at radius 3 is 2.42 bits per heavy atom. The van der Waals surface area contributed by atoms with Gasteiger partial charge in [-0.25, -0.2) is 8.42 Å². The van der Waals surface area contributed by atoms with Gasteiger partial charge in [0.1, 0.15) is 0 Å². The van der Waals surface area contributed by atoms with Crippen molar-refractivity contribution in [2.75, 3.05) is 4.90 Å². The fourth-order valence-corrected chi connectivity index (χ4v) is 5.15. The number of rotatable bonds is 6. The van der Waals surface area contributed by atoms with Crippen LogP contribution in [-0.4, -0.2) is 14.3 Å². The molecule has 8 heteroatoms. The molecule has 158 valence electrons. The van der Waals surface area contributed by atoms with E-state index in [0.29, 0.717) is 10.7 Å². The van der Waals surface area contributed by atoms with Gasteiger partial charge < -0.3 is 4.42 Å². The molecule has 0 spiro atoms. The maximum Gasteiger partial charge on any atom is 0.294 e. The van der Waals surface area contributed by atoms with Gasteiger partial charge in [0.25, 0.3) is 5.91 Å². The zero-order valence-electron chi connectivity index (χ0n) is 16.5. The second kappa shape index (κ2) is 8.70. The lowest BCUT2D eigenvalue weighted by Crippen LogP contribution is -2.30. The zero-order chi connectivity index (χ0) is 22.0. The van der Waals surface area contributed by atoms with Crippen LogP contribution in [0.15, 0.2) is 92.6 Å². The van der Waals surface area contributed by atoms with Gasteiger partial charge >= 0.3 is 0 Å². The number of sulfone groups is 1. The Bertz CT molecular complexity index is 1310. The summed E-state index contributed by atoms with van der Waals surface area (Å²) >= 11 is 7.85. The molecule has 2 aromatic heterocycles. The number of carbonyl (C=O) groups excluding carboxylic acids is 1. The number of furan rings is 1. The van der Waals surface area contributed by atoms with Crippen LogP contribution in [0.25, 0.3) is 0 Å². The molecule has 4 aromatic rings. The van der Waals surface area contributed by atoms with Crippen LogP contribution in [-0.2, 0) is 16.4 Å². The van der Waals surface area contributed by atoms with E-state index in [0.717, 1.165) is 10.4 Å². The van der Waals surface area contributed by atoms with Gasteiger partial charge in [-0.2, -0.15) is 0 Å². The first-order chi connectivity index (χ1) is 14.9. The van der Waals surface area contributed by atoms with Crippen molar-refractivity contribution in [3.8, 4) is 0 Å². The first kappa shape index (κ1) is 21.4. The number of benzene rings is 2. The highest BCUT2D eigenvalue weighted by Gasteiger charge is 2.27. The molecule has 1 amide bonds. The Hall–Kier alpha value is -2.87. The van der Waals surface area contributed by atoms with Gasteiger partial charge in [0, 0.05) is 4.88 Å². The zero-order valence-corrected chi connectivity index (χ0v) is 18.9. The number of carbonyl (C=O) groups is 1. The number of nitrogens with zero attached hydrogens (tertiary/aromatic N) is 1. The van der Waals surface area contributed by atoms with E-state index in [4.69, 9.17) is 16.0 Å². The number of hydrogen-bond donors (Lipinski definition) is 0. The van der Waals surface area contributed by atoms with E-state index >= 15 is 0 Å². The second-order valence-corrected chi connectivity index (χ2v) is 10.2. The Balaban J connectivity index is 1.69. The summed E-state index contributed by atoms with van der Waals surface area (Å²) in [5, 5.41) is 2.05. The largest absolute Gasteiger partial charge is 0.439 e. The highest BCUT2D eigenvalue weighted by molar-refractivity contribution is 7.91. The summed E-state index contributed by atoms with van der Waals surface area (Å²) in [7, 11) is -3.88. The topological polar surface area (TPSA) is 67.6 Å². The molecule has 0 aliphatic carbocycles. The lowest BCUT2D eigenvalue weighted by Gasteiger charge is -2.22. The van der Waals surface area contributed by atoms with Crippen LogP contribution >= 0.6 is 22.9 Å². The average Bonchev–Trinajstić information content (AvgIpc) is 3.45. The Kier molecular flexibility index (Phi) is 6.00. The maximum atomic E-state index is 13.3. The van der Waals surface area contributed by atoms with E-state index < -0.39 is 15.7 Å². The number of anilines is 1. The van der Waals surface area contributed by atoms with Gasteiger partial charge in [0.05, 0.1) is 22.2 Å². The monoisotopic (exact) mass is 471 g/mol. The molecular formula is C23H18ClNO4S2. The van der Waals surface area contributed by atoms with E-state index in [1.54, 1.807) is 36.4 Å². The van der Waals surface area contributed by atoms with Crippen LogP contribution in [0.3, 0.4) is 0 Å². The Labute approximate surface area is 189 Å². The van der Waals surface area contributed by atoms with Crippen molar-refractivity contribution < 1.29 is 17.6 Å². The van der Waals surface area contributed by atoms with Crippen LogP contribution in [0.1, 0.15) is 21.0 Å². The molecule has 0 bridgehead atoms. The molecule has 31 heavy (non-hydrogen) atoms. The number of para-hydroxylation sites is 1. The molecule has 2 heterocycles. The van der Waals surface area contributed by atoms with Crippen molar-refractivity contribution in [1.82, 2.24) is 0 Å². The van der Waals surface area contributed by atoms with Crippen LogP contribution < -0.4 is 4.90 Å². The highest BCUT2D eigenvalue weighted by atomic mass is 35.5. The van der Waals surface area contributed by atoms with Gasteiger partial charge in [-0.3, -0.25) is 9.69 Å². The van der Waals surface area contributed by atoms with Crippen LogP contribution in [0.2, 0.25) is 5.02 Å². The quantitative estimate of drug-likeness (QED) is 0.346. The molecule has 0 fully saturated rings. The van der Waals surface area contributed by atoms with Crippen LogP contribution in [0, 0.1) is 6.92 Å². The van der Waals surface area contributed by atoms with Crippen molar-refractivity contribution >= 4 is 44.4 Å². The SMILES string of the molecule is Cc1ccc(S(=O)(=O)c2ccc(C(=O)N(Cc3cccs3)c3ccccc3Cl)o2)cc1. The molecule has 4 rings (SSSR count). The summed E-state index contributed by atoms with van der Waals surface area (Å²) in [5.74, 6) is -0.561. The minimum Gasteiger partial charge on any atom is -0.439 e. The van der Waals surface area contributed by atoms with Gasteiger partial charge in [0.2, 0.25) is 14.9 Å². The predicted octanol–water partition coefficient (Wildman–Crippen LogP) is 5.98. The van der Waals surface area contributed by atoms with Crippen molar-refractivity contribution in [1.29, 1.82) is 0 Å². The van der Waals surface area contributed by atoms with Crippen molar-refractivity contribution in [3.05, 3.63) is 99.4 Å². The lowest BCUT2D eigenvalue weighted by molar-refractivity contribution is 0.0953. The summed E-state index contributed by atoms with van der Waals surface area (Å²) in [5.41, 5.74) is 1.46. The molecule has 2 aromatic carbocycles. The summed E-state index contributed by atoms with van der Waals surface area (Å²) in [6.07, 6.45) is 0. The Morgan fingerprint density at radius 1 is 1.00 bits per heavy atom. The van der Waals surface area contributed by atoms with E-state index in [2.05, 4.69) is 0 Å². The minimum atomic E-state index is -3.88. The van der Waals surface area contributed by atoms with Gasteiger partial charge in [-0.15, -0.1) is 11.3 Å². The smallest absolute Gasteiger partial charge is 0.294 e. The summed E-state index contributed by atoms with van der Waals surface area (Å²) in [6, 6.07) is 19.9. The molecule has 0 aliphatic rings. The van der Waals surface area contributed by atoms with Crippen LogP contribution in [0.5, 0.6) is 0 Å². The average molecular weight is 472 g/mol. The number of hydrogen-bond acceptors (Lipinski definition) is 5. The van der Waals surface area contributed by atoms with Gasteiger partial charge in [0.15, 0.2) is 5.76 Å². The number of halogens is 1. The molecule has 0 N–H and O–H groups in total. The summed E-state index contributed by atoms with van der Waals surface area (Å²) in [4.78, 5) is 15.9. The van der Waals surface area contributed by atoms with Crippen molar-refractivity contribution in [3.63, 3.8) is 0 Å². The van der Waals surface area contributed by atoms with Gasteiger partial charge in [-0.05, 0) is 54.8 Å². The second-order valence-electron chi connectivity index (χ2n) is 6.86. The minimum absolute atomic E-state index is 0.0813. The third kappa shape index (κ3) is 4.44. The maximum absolute atomic E-state index is 13.3. The molecule has 0 unspecified atom stereocenters. The van der Waals surface area contributed by atoms with Crippen molar-refractivity contribution in [2.24, 2.45) is 0 Å². The standard InChI is InChI=1S/C23H18ClNO4S2/c1-16-8-10-18(11-9-16)31(27,28)22-13-12-21(29-22)23(26)25(15-17-5-4-14-30-17)20-7-3-2-6-19(20)24/h2-14H,15H2,1H3. The lowest BCUT2D eigenvalue weighted by atomic mass is 10.2. The number of amides is 1. The normalized spacial score (nSPS) is 11.4. The van der Waals surface area contributed by atoms with Crippen LogP contribution in [0.4, 0.5) is 5.69 Å². The van der Waals surface area contributed by atoms with E-state index in [-0.39, 0.29) is 22.3 Å². The van der Waals surface area contributed by atoms with E-state index in [1.165, 1.54) is 40.5 Å². The Morgan fingerprint density at radius 2 is 1.74 bits per heavy atom. The fourth-order valence-electron chi connectivity index (χ4n) is 3.04. The third-order valence-electron chi connectivity index (χ3n) is 4.67. The molecule has 0 atom stereocenters.